The first kappa shape index (κ1) is 28.0. The monoisotopic (exact) mass is 552 g/mol. The molecular weight excluding hydrogens is 533 g/mol. The van der Waals surface area contributed by atoms with Gasteiger partial charge in [-0.1, -0.05) is 11.6 Å². The molecule has 16 heteroatoms. The maximum Gasteiger partial charge on any atom is 0.490 e. The molecule has 0 fully saturated rings. The summed E-state index contributed by atoms with van der Waals surface area (Å²) in [5.74, 6) is -2.60. The lowest BCUT2D eigenvalue weighted by atomic mass is 10.0. The Morgan fingerprint density at radius 1 is 1.39 bits per heavy atom. The molecule has 38 heavy (non-hydrogen) atoms. The fourth-order valence-electron chi connectivity index (χ4n) is 3.49. The maximum atomic E-state index is 13.0. The maximum absolute atomic E-state index is 13.0. The Morgan fingerprint density at radius 2 is 2.08 bits per heavy atom. The predicted octanol–water partition coefficient (Wildman–Crippen LogP) is 3.36. The molecule has 1 unspecified atom stereocenters. The highest BCUT2D eigenvalue weighted by Gasteiger charge is 2.38. The number of nitrogens with zero attached hydrogens (tertiary/aromatic N) is 6. The number of halogens is 4. The molecule has 0 aliphatic carbocycles. The minimum Gasteiger partial charge on any atom is -0.491 e. The SMILES string of the molecule is CCOc1c(C(C)NC(=O)c2c(N)nn3cccnc23)cc(Cl)c2cnn(CC#N)c12.O=C(O)C(F)(F)F. The van der Waals surface area contributed by atoms with Crippen molar-refractivity contribution in [3.8, 4) is 11.8 Å². The van der Waals surface area contributed by atoms with Crippen molar-refractivity contribution in [1.82, 2.24) is 29.7 Å². The number of alkyl halides is 3. The van der Waals surface area contributed by atoms with Crippen molar-refractivity contribution in [3.63, 3.8) is 0 Å². The number of amides is 1. The Bertz CT molecular complexity index is 1540. The van der Waals surface area contributed by atoms with Crippen LogP contribution in [0.25, 0.3) is 16.6 Å². The molecule has 4 N–H and O–H groups in total. The van der Waals surface area contributed by atoms with E-state index < -0.39 is 24.1 Å². The van der Waals surface area contributed by atoms with Crippen LogP contribution in [0.1, 0.15) is 35.8 Å². The van der Waals surface area contributed by atoms with E-state index in [9.17, 15) is 18.0 Å². The van der Waals surface area contributed by atoms with Gasteiger partial charge in [0.25, 0.3) is 5.91 Å². The van der Waals surface area contributed by atoms with Gasteiger partial charge < -0.3 is 20.9 Å². The number of carbonyl (C=O) groups excluding carboxylic acids is 1. The van der Waals surface area contributed by atoms with Crippen LogP contribution in [0.3, 0.4) is 0 Å². The minimum atomic E-state index is -5.08. The highest BCUT2D eigenvalue weighted by Crippen LogP contribution is 2.38. The minimum absolute atomic E-state index is 0.0364. The van der Waals surface area contributed by atoms with Crippen molar-refractivity contribution in [2.24, 2.45) is 0 Å². The Kier molecular flexibility index (Phi) is 8.26. The topological polar surface area (TPSA) is 173 Å². The van der Waals surface area contributed by atoms with Crippen molar-refractivity contribution < 1.29 is 32.6 Å². The third-order valence-electron chi connectivity index (χ3n) is 5.07. The van der Waals surface area contributed by atoms with Gasteiger partial charge in [-0.2, -0.15) is 23.5 Å². The zero-order valence-electron chi connectivity index (χ0n) is 19.8. The summed E-state index contributed by atoms with van der Waals surface area (Å²) in [6, 6.07) is 5.00. The standard InChI is InChI=1S/C20H19ClN8O2.C2HF3O2/c1-3-31-17-12(9-14(21)13-10-25-28(8-5-22)16(13)17)11(2)26-20(30)15-18(23)27-29-7-4-6-24-19(15)29;3-2(4,5)1(6)7/h4,6-7,9-11H,3,8H2,1-2H3,(H2,23,27)(H,26,30);(H,6,7). The molecule has 0 spiro atoms. The molecule has 0 radical (unpaired) electrons. The summed E-state index contributed by atoms with van der Waals surface area (Å²) in [6.07, 6.45) is -0.264. The zero-order chi connectivity index (χ0) is 28.2. The van der Waals surface area contributed by atoms with Crippen LogP contribution in [-0.2, 0) is 11.3 Å². The smallest absolute Gasteiger partial charge is 0.490 e. The van der Waals surface area contributed by atoms with Crippen LogP contribution in [0.4, 0.5) is 19.0 Å². The number of rotatable bonds is 6. The molecule has 0 saturated heterocycles. The molecule has 3 aromatic heterocycles. The van der Waals surface area contributed by atoms with E-state index in [2.05, 4.69) is 26.6 Å². The van der Waals surface area contributed by atoms with Gasteiger partial charge in [-0.15, -0.1) is 5.10 Å². The number of carboxylic acid groups (broad SMARTS) is 1. The quantitative estimate of drug-likeness (QED) is 0.324. The van der Waals surface area contributed by atoms with E-state index in [0.29, 0.717) is 39.5 Å². The summed E-state index contributed by atoms with van der Waals surface area (Å²) in [5, 5.41) is 28.7. The largest absolute Gasteiger partial charge is 0.491 e. The summed E-state index contributed by atoms with van der Waals surface area (Å²) in [5.41, 5.74) is 7.76. The first-order valence-electron chi connectivity index (χ1n) is 10.8. The van der Waals surface area contributed by atoms with Gasteiger partial charge in [-0.05, 0) is 26.0 Å². The third-order valence-corrected chi connectivity index (χ3v) is 5.38. The summed E-state index contributed by atoms with van der Waals surface area (Å²) in [4.78, 5) is 26.1. The Hall–Kier alpha value is -4.58. The Morgan fingerprint density at radius 3 is 2.68 bits per heavy atom. The van der Waals surface area contributed by atoms with Crippen LogP contribution in [-0.4, -0.2) is 54.1 Å². The number of carboxylic acids is 1. The number of anilines is 1. The molecule has 0 aliphatic heterocycles. The molecule has 1 atom stereocenters. The van der Waals surface area contributed by atoms with Crippen LogP contribution >= 0.6 is 11.6 Å². The van der Waals surface area contributed by atoms with Crippen molar-refractivity contribution in [2.45, 2.75) is 32.6 Å². The van der Waals surface area contributed by atoms with Gasteiger partial charge >= 0.3 is 12.1 Å². The van der Waals surface area contributed by atoms with E-state index in [1.54, 1.807) is 37.6 Å². The number of carbonyl (C=O) groups is 2. The molecular formula is C22H20ClF3N8O4. The summed E-state index contributed by atoms with van der Waals surface area (Å²) < 4.78 is 40.6. The van der Waals surface area contributed by atoms with Gasteiger partial charge in [0.05, 0.1) is 29.9 Å². The van der Waals surface area contributed by atoms with Gasteiger partial charge in [-0.25, -0.2) is 19.0 Å². The molecule has 4 rings (SSSR count). The highest BCUT2D eigenvalue weighted by molar-refractivity contribution is 6.35. The van der Waals surface area contributed by atoms with Crippen LogP contribution < -0.4 is 15.8 Å². The molecule has 1 aromatic carbocycles. The van der Waals surface area contributed by atoms with Crippen LogP contribution in [0.2, 0.25) is 5.02 Å². The van der Waals surface area contributed by atoms with Gasteiger partial charge in [0.15, 0.2) is 17.2 Å². The summed E-state index contributed by atoms with van der Waals surface area (Å²) in [7, 11) is 0. The van der Waals surface area contributed by atoms with Crippen LogP contribution in [0.5, 0.6) is 5.75 Å². The molecule has 200 valence electrons. The van der Waals surface area contributed by atoms with Gasteiger partial charge in [0, 0.05) is 23.3 Å². The van der Waals surface area contributed by atoms with Crippen molar-refractivity contribution in [3.05, 3.63) is 46.9 Å². The number of aliphatic carboxylic acids is 1. The second-order valence-electron chi connectivity index (χ2n) is 7.58. The lowest BCUT2D eigenvalue weighted by Gasteiger charge is -2.20. The van der Waals surface area contributed by atoms with Crippen molar-refractivity contribution in [1.29, 1.82) is 5.26 Å². The summed E-state index contributed by atoms with van der Waals surface area (Å²) in [6.45, 7) is 4.07. The number of nitriles is 1. The van der Waals surface area contributed by atoms with Gasteiger partial charge in [-0.3, -0.25) is 4.79 Å². The average Bonchev–Trinajstić information content (AvgIpc) is 3.41. The number of nitrogens with one attached hydrogen (secondary N) is 1. The van der Waals surface area contributed by atoms with E-state index in [-0.39, 0.29) is 17.9 Å². The summed E-state index contributed by atoms with van der Waals surface area (Å²) >= 11 is 6.48. The normalized spacial score (nSPS) is 11.9. The Balaban J connectivity index is 0.000000505. The first-order valence-corrected chi connectivity index (χ1v) is 11.2. The van der Waals surface area contributed by atoms with Crippen LogP contribution in [0.15, 0.2) is 30.7 Å². The van der Waals surface area contributed by atoms with E-state index in [4.69, 9.17) is 37.2 Å². The molecule has 0 saturated carbocycles. The molecule has 1 amide bonds. The number of benzene rings is 1. The zero-order valence-corrected chi connectivity index (χ0v) is 20.6. The molecule has 12 nitrogen and oxygen atoms in total. The average molecular weight is 553 g/mol. The molecule has 0 aliphatic rings. The number of nitrogens with two attached hydrogens (primary N) is 1. The lowest BCUT2D eigenvalue weighted by Crippen LogP contribution is -2.28. The van der Waals surface area contributed by atoms with E-state index in [0.717, 1.165) is 0 Å². The predicted molar refractivity (Wildman–Crippen MR) is 128 cm³/mol. The van der Waals surface area contributed by atoms with Crippen molar-refractivity contribution in [2.75, 3.05) is 12.3 Å². The fraction of sp³-hybridized carbons (Fsp3) is 0.273. The molecule has 0 bridgehead atoms. The number of ether oxygens (including phenoxy) is 1. The lowest BCUT2D eigenvalue weighted by molar-refractivity contribution is -0.192. The van der Waals surface area contributed by atoms with E-state index >= 15 is 0 Å². The number of nitrogen functional groups attached to an aromatic ring is 1. The van der Waals surface area contributed by atoms with Gasteiger partial charge in [0.2, 0.25) is 0 Å². The fourth-order valence-corrected chi connectivity index (χ4v) is 3.74. The Labute approximate surface area is 217 Å². The van der Waals surface area contributed by atoms with Crippen molar-refractivity contribution >= 4 is 45.8 Å². The van der Waals surface area contributed by atoms with Gasteiger partial charge in [0.1, 0.15) is 17.6 Å². The third kappa shape index (κ3) is 5.70. The number of hydrogen-bond acceptors (Lipinski definition) is 8. The van der Waals surface area contributed by atoms with E-state index in [1.807, 2.05) is 6.92 Å². The second kappa shape index (κ2) is 11.2. The number of fused-ring (bicyclic) bond motifs is 2. The first-order chi connectivity index (χ1) is 17.9. The number of aromatic nitrogens is 5. The highest BCUT2D eigenvalue weighted by atomic mass is 35.5. The molecule has 4 aromatic rings. The molecule has 3 heterocycles. The van der Waals surface area contributed by atoms with E-state index in [1.165, 1.54) is 9.20 Å². The second-order valence-corrected chi connectivity index (χ2v) is 7.99. The number of hydrogen-bond donors (Lipinski definition) is 3. The van der Waals surface area contributed by atoms with Crippen LogP contribution in [0, 0.1) is 11.3 Å².